The predicted octanol–water partition coefficient (Wildman–Crippen LogP) is 1.52. The lowest BCUT2D eigenvalue weighted by Crippen LogP contribution is -2.39. The molecule has 1 aromatic rings. The second-order valence-electron chi connectivity index (χ2n) is 4.25. The second-order valence-corrected chi connectivity index (χ2v) is 5.17. The van der Waals surface area contributed by atoms with Crippen LogP contribution in [0, 0.1) is 0 Å². The first-order chi connectivity index (χ1) is 9.16. The van der Waals surface area contributed by atoms with Crippen LogP contribution in [0.25, 0.3) is 0 Å². The van der Waals surface area contributed by atoms with Crippen LogP contribution < -0.4 is 5.43 Å². The highest BCUT2D eigenvalue weighted by Gasteiger charge is 2.23. The number of benzene rings is 1. The van der Waals surface area contributed by atoms with E-state index in [1.54, 1.807) is 4.90 Å². The number of hydrazone groups is 1. The standard InChI is InChI=1S/C13H14BrN3O2/c14-11-5-3-10(4-6-11)9-15-16-12(18)13(19)17-7-1-2-8-17/h3-6,9H,1-2,7-8H2,(H,16,18). The van der Waals surface area contributed by atoms with Crippen molar-refractivity contribution in [3.05, 3.63) is 34.3 Å². The van der Waals surface area contributed by atoms with Crippen LogP contribution in [0.5, 0.6) is 0 Å². The quantitative estimate of drug-likeness (QED) is 0.509. The molecule has 1 aliphatic heterocycles. The van der Waals surface area contributed by atoms with Gasteiger partial charge in [-0.05, 0) is 30.5 Å². The Morgan fingerprint density at radius 3 is 2.47 bits per heavy atom. The van der Waals surface area contributed by atoms with Crippen molar-refractivity contribution < 1.29 is 9.59 Å². The zero-order valence-electron chi connectivity index (χ0n) is 10.3. The van der Waals surface area contributed by atoms with Gasteiger partial charge in [-0.25, -0.2) is 5.43 Å². The number of amides is 2. The number of hydrogen-bond donors (Lipinski definition) is 1. The van der Waals surface area contributed by atoms with Gasteiger partial charge in [0.15, 0.2) is 0 Å². The Bertz CT molecular complexity index is 493. The molecule has 1 aromatic carbocycles. The van der Waals surface area contributed by atoms with E-state index in [1.807, 2.05) is 24.3 Å². The minimum absolute atomic E-state index is 0.509. The summed E-state index contributed by atoms with van der Waals surface area (Å²) in [6.45, 7) is 1.31. The topological polar surface area (TPSA) is 61.8 Å². The van der Waals surface area contributed by atoms with Crippen LogP contribution in [-0.4, -0.2) is 36.0 Å². The SMILES string of the molecule is O=C(NN=Cc1ccc(Br)cc1)C(=O)N1CCCC1. The molecule has 6 heteroatoms. The zero-order valence-corrected chi connectivity index (χ0v) is 11.9. The molecule has 0 aromatic heterocycles. The van der Waals surface area contributed by atoms with Crippen molar-refractivity contribution in [1.29, 1.82) is 0 Å². The Labute approximate surface area is 119 Å². The molecule has 2 rings (SSSR count). The number of hydrogen-bond acceptors (Lipinski definition) is 3. The summed E-state index contributed by atoms with van der Waals surface area (Å²) in [4.78, 5) is 24.8. The molecule has 0 atom stereocenters. The van der Waals surface area contributed by atoms with Crippen LogP contribution >= 0.6 is 15.9 Å². The molecule has 0 spiro atoms. The highest BCUT2D eigenvalue weighted by molar-refractivity contribution is 9.10. The van der Waals surface area contributed by atoms with E-state index in [-0.39, 0.29) is 0 Å². The van der Waals surface area contributed by atoms with Crippen LogP contribution in [0.3, 0.4) is 0 Å². The molecular weight excluding hydrogens is 310 g/mol. The molecular formula is C13H14BrN3O2. The van der Waals surface area contributed by atoms with Crippen LogP contribution in [0.2, 0.25) is 0 Å². The number of nitrogens with zero attached hydrogens (tertiary/aromatic N) is 2. The van der Waals surface area contributed by atoms with Crippen molar-refractivity contribution >= 4 is 34.0 Å². The molecule has 0 aliphatic carbocycles. The summed E-state index contributed by atoms with van der Waals surface area (Å²) in [5.41, 5.74) is 3.09. The number of likely N-dealkylation sites (tertiary alicyclic amines) is 1. The summed E-state index contributed by atoms with van der Waals surface area (Å²) in [6.07, 6.45) is 3.42. The first-order valence-electron chi connectivity index (χ1n) is 6.05. The van der Waals surface area contributed by atoms with Crippen LogP contribution in [0.15, 0.2) is 33.8 Å². The Hall–Kier alpha value is -1.69. The van der Waals surface area contributed by atoms with E-state index in [9.17, 15) is 9.59 Å². The minimum Gasteiger partial charge on any atom is -0.334 e. The fourth-order valence-electron chi connectivity index (χ4n) is 1.83. The van der Waals surface area contributed by atoms with Gasteiger partial charge in [0.1, 0.15) is 0 Å². The first-order valence-corrected chi connectivity index (χ1v) is 6.84. The fraction of sp³-hybridized carbons (Fsp3) is 0.308. The lowest BCUT2D eigenvalue weighted by atomic mass is 10.2. The molecule has 0 bridgehead atoms. The normalized spacial score (nSPS) is 14.9. The average Bonchev–Trinajstić information content (AvgIpc) is 2.94. The van der Waals surface area contributed by atoms with E-state index in [1.165, 1.54) is 6.21 Å². The largest absolute Gasteiger partial charge is 0.334 e. The van der Waals surface area contributed by atoms with Crippen LogP contribution in [-0.2, 0) is 9.59 Å². The lowest BCUT2D eigenvalue weighted by molar-refractivity contribution is -0.145. The first kappa shape index (κ1) is 13.7. The molecule has 1 aliphatic rings. The zero-order chi connectivity index (χ0) is 13.7. The molecule has 1 fully saturated rings. The highest BCUT2D eigenvalue weighted by atomic mass is 79.9. The van der Waals surface area contributed by atoms with Crippen molar-refractivity contribution in [2.75, 3.05) is 13.1 Å². The summed E-state index contributed by atoms with van der Waals surface area (Å²) in [5, 5.41) is 3.78. The van der Waals surface area contributed by atoms with E-state index >= 15 is 0 Å². The van der Waals surface area contributed by atoms with E-state index in [2.05, 4.69) is 26.5 Å². The molecule has 1 N–H and O–H groups in total. The predicted molar refractivity (Wildman–Crippen MR) is 75.7 cm³/mol. The third-order valence-electron chi connectivity index (χ3n) is 2.84. The van der Waals surface area contributed by atoms with Gasteiger partial charge in [0.25, 0.3) is 0 Å². The Kier molecular flexibility index (Phi) is 4.68. The van der Waals surface area contributed by atoms with Crippen molar-refractivity contribution in [2.24, 2.45) is 5.10 Å². The molecule has 0 unspecified atom stereocenters. The lowest BCUT2D eigenvalue weighted by Gasteiger charge is -2.12. The smallest absolute Gasteiger partial charge is 0.329 e. The number of carbonyl (C=O) groups is 2. The fourth-order valence-corrected chi connectivity index (χ4v) is 2.09. The van der Waals surface area contributed by atoms with Gasteiger partial charge in [0.05, 0.1) is 6.21 Å². The van der Waals surface area contributed by atoms with Gasteiger partial charge in [0, 0.05) is 17.6 Å². The third-order valence-corrected chi connectivity index (χ3v) is 3.37. The van der Waals surface area contributed by atoms with Crippen LogP contribution in [0.1, 0.15) is 18.4 Å². The second kappa shape index (κ2) is 6.47. The monoisotopic (exact) mass is 323 g/mol. The molecule has 1 heterocycles. The molecule has 19 heavy (non-hydrogen) atoms. The number of halogens is 1. The molecule has 5 nitrogen and oxygen atoms in total. The molecule has 2 amide bonds. The Morgan fingerprint density at radius 2 is 1.84 bits per heavy atom. The van der Waals surface area contributed by atoms with Gasteiger partial charge >= 0.3 is 11.8 Å². The Morgan fingerprint density at radius 1 is 1.21 bits per heavy atom. The van der Waals surface area contributed by atoms with Crippen LogP contribution in [0.4, 0.5) is 0 Å². The van der Waals surface area contributed by atoms with Gasteiger partial charge in [-0.15, -0.1) is 0 Å². The molecule has 0 radical (unpaired) electrons. The Balaban J connectivity index is 1.85. The van der Waals surface area contributed by atoms with Gasteiger partial charge in [0.2, 0.25) is 0 Å². The highest BCUT2D eigenvalue weighted by Crippen LogP contribution is 2.09. The van der Waals surface area contributed by atoms with E-state index < -0.39 is 11.8 Å². The van der Waals surface area contributed by atoms with E-state index in [0.717, 1.165) is 22.9 Å². The molecule has 100 valence electrons. The van der Waals surface area contributed by atoms with Gasteiger partial charge in [-0.2, -0.15) is 5.10 Å². The maximum atomic E-state index is 11.7. The summed E-state index contributed by atoms with van der Waals surface area (Å²) >= 11 is 3.33. The number of nitrogens with one attached hydrogen (secondary N) is 1. The van der Waals surface area contributed by atoms with Crippen molar-refractivity contribution in [3.63, 3.8) is 0 Å². The maximum Gasteiger partial charge on any atom is 0.329 e. The van der Waals surface area contributed by atoms with Crippen molar-refractivity contribution in [3.8, 4) is 0 Å². The van der Waals surface area contributed by atoms with Crippen molar-refractivity contribution in [2.45, 2.75) is 12.8 Å². The number of rotatable bonds is 2. The molecule has 0 saturated carbocycles. The van der Waals surface area contributed by atoms with Crippen molar-refractivity contribution in [1.82, 2.24) is 10.3 Å². The van der Waals surface area contributed by atoms with E-state index in [0.29, 0.717) is 13.1 Å². The maximum absolute atomic E-state index is 11.7. The third kappa shape index (κ3) is 3.89. The summed E-state index contributed by atoms with van der Waals surface area (Å²) in [7, 11) is 0. The molecule has 1 saturated heterocycles. The van der Waals surface area contributed by atoms with Gasteiger partial charge in [-0.3, -0.25) is 9.59 Å². The summed E-state index contributed by atoms with van der Waals surface area (Å²) in [6, 6.07) is 7.45. The summed E-state index contributed by atoms with van der Waals surface area (Å²) in [5.74, 6) is -1.19. The average molecular weight is 324 g/mol. The van der Waals surface area contributed by atoms with Gasteiger partial charge in [-0.1, -0.05) is 28.1 Å². The van der Waals surface area contributed by atoms with E-state index in [4.69, 9.17) is 0 Å². The minimum atomic E-state index is -0.685. The number of carbonyl (C=O) groups excluding carboxylic acids is 2. The van der Waals surface area contributed by atoms with Gasteiger partial charge < -0.3 is 4.90 Å². The summed E-state index contributed by atoms with van der Waals surface area (Å²) < 4.78 is 0.970.